The highest BCUT2D eigenvalue weighted by Crippen LogP contribution is 2.37. The van der Waals surface area contributed by atoms with Crippen molar-refractivity contribution in [2.24, 2.45) is 7.05 Å². The Labute approximate surface area is 175 Å². The van der Waals surface area contributed by atoms with Gasteiger partial charge in [-0.05, 0) is 29.6 Å². The lowest BCUT2D eigenvalue weighted by molar-refractivity contribution is 0.105. The topological polar surface area (TPSA) is 127 Å². The van der Waals surface area contributed by atoms with Crippen LogP contribution in [0.5, 0.6) is 11.5 Å². The van der Waals surface area contributed by atoms with Crippen LogP contribution in [0, 0.1) is 0 Å². The summed E-state index contributed by atoms with van der Waals surface area (Å²) in [6, 6.07) is 7.41. The molecule has 0 amide bonds. The molecule has 2 N–H and O–H groups in total. The number of rotatable bonds is 6. The van der Waals surface area contributed by atoms with E-state index in [1.54, 1.807) is 14.0 Å². The predicted octanol–water partition coefficient (Wildman–Crippen LogP) is 3.18. The van der Waals surface area contributed by atoms with Crippen molar-refractivity contribution < 1.29 is 19.0 Å². The van der Waals surface area contributed by atoms with E-state index >= 15 is 0 Å². The van der Waals surface area contributed by atoms with Gasteiger partial charge in [0.2, 0.25) is 5.82 Å². The Morgan fingerprint density at radius 1 is 1.33 bits per heavy atom. The fourth-order valence-electron chi connectivity index (χ4n) is 2.81. The zero-order valence-electron chi connectivity index (χ0n) is 16.2. The Balaban J connectivity index is 1.55. The molecule has 154 valence electrons. The molecule has 4 aromatic rings. The van der Waals surface area contributed by atoms with Crippen LogP contribution in [-0.2, 0) is 18.4 Å². The maximum Gasteiger partial charge on any atom is 0.513 e. The summed E-state index contributed by atoms with van der Waals surface area (Å²) in [6.45, 7) is 2.18. The lowest BCUT2D eigenvalue weighted by Crippen LogP contribution is -2.10. The van der Waals surface area contributed by atoms with Crippen molar-refractivity contribution in [2.45, 2.75) is 13.5 Å². The molecule has 0 aliphatic carbocycles. The molecule has 0 fully saturated rings. The summed E-state index contributed by atoms with van der Waals surface area (Å²) in [7, 11) is 1.71. The van der Waals surface area contributed by atoms with E-state index in [-0.39, 0.29) is 13.2 Å². The van der Waals surface area contributed by atoms with Crippen molar-refractivity contribution in [3.63, 3.8) is 0 Å². The average molecular weight is 426 g/mol. The van der Waals surface area contributed by atoms with E-state index in [9.17, 15) is 4.79 Å². The van der Waals surface area contributed by atoms with Crippen LogP contribution >= 0.6 is 11.3 Å². The molecule has 0 aliphatic heterocycles. The van der Waals surface area contributed by atoms with Gasteiger partial charge in [0.25, 0.3) is 0 Å². The van der Waals surface area contributed by atoms with E-state index < -0.39 is 6.16 Å². The zero-order valence-corrected chi connectivity index (χ0v) is 17.0. The number of hydrogen-bond donors (Lipinski definition) is 1. The number of nitrogens with zero attached hydrogens (tertiary/aromatic N) is 5. The molecule has 0 saturated heterocycles. The Morgan fingerprint density at radius 3 is 2.97 bits per heavy atom. The van der Waals surface area contributed by atoms with Gasteiger partial charge >= 0.3 is 6.16 Å². The van der Waals surface area contributed by atoms with Crippen molar-refractivity contribution in [1.82, 2.24) is 25.2 Å². The van der Waals surface area contributed by atoms with Crippen molar-refractivity contribution in [2.75, 3.05) is 12.3 Å². The highest BCUT2D eigenvalue weighted by molar-refractivity contribution is 7.17. The predicted molar refractivity (Wildman–Crippen MR) is 110 cm³/mol. The molecular weight excluding hydrogens is 408 g/mol. The first-order valence-corrected chi connectivity index (χ1v) is 9.89. The average Bonchev–Trinajstić information content (AvgIpc) is 3.36. The maximum atomic E-state index is 11.7. The number of tetrazole rings is 1. The van der Waals surface area contributed by atoms with Gasteiger partial charge in [0.1, 0.15) is 18.2 Å². The molecule has 3 heterocycles. The molecule has 0 spiro atoms. The van der Waals surface area contributed by atoms with E-state index in [4.69, 9.17) is 19.9 Å². The normalized spacial score (nSPS) is 10.9. The van der Waals surface area contributed by atoms with Crippen molar-refractivity contribution in [1.29, 1.82) is 0 Å². The molecule has 11 heteroatoms. The zero-order chi connectivity index (χ0) is 21.1. The number of nitrogens with two attached hydrogens (primary N) is 1. The number of aromatic nitrogens is 5. The number of benzene rings is 1. The summed E-state index contributed by atoms with van der Waals surface area (Å²) < 4.78 is 16.7. The third kappa shape index (κ3) is 4.01. The van der Waals surface area contributed by atoms with E-state index in [0.29, 0.717) is 33.2 Å². The van der Waals surface area contributed by atoms with Crippen LogP contribution < -0.4 is 15.2 Å². The van der Waals surface area contributed by atoms with E-state index in [2.05, 4.69) is 20.4 Å². The van der Waals surface area contributed by atoms with E-state index in [1.165, 1.54) is 22.3 Å². The van der Waals surface area contributed by atoms with Gasteiger partial charge in [0.15, 0.2) is 5.75 Å². The summed E-state index contributed by atoms with van der Waals surface area (Å²) in [5.41, 5.74) is 7.70. The third-order valence-corrected chi connectivity index (χ3v) is 5.16. The Hall–Kier alpha value is -3.73. The minimum Gasteiger partial charge on any atom is -0.489 e. The summed E-state index contributed by atoms with van der Waals surface area (Å²) in [4.78, 5) is 17.2. The number of nitrogen functional groups attached to an aromatic ring is 1. The number of aryl methyl sites for hydroxylation is 1. The van der Waals surface area contributed by atoms with Crippen LogP contribution in [0.3, 0.4) is 0 Å². The number of pyridine rings is 1. The summed E-state index contributed by atoms with van der Waals surface area (Å²) >= 11 is 1.39. The highest BCUT2D eigenvalue weighted by atomic mass is 32.1. The van der Waals surface area contributed by atoms with Gasteiger partial charge in [-0.1, -0.05) is 12.1 Å². The fourth-order valence-corrected chi connectivity index (χ4v) is 3.82. The Kier molecular flexibility index (Phi) is 5.44. The quantitative estimate of drug-likeness (QED) is 0.462. The van der Waals surface area contributed by atoms with Gasteiger partial charge in [0, 0.05) is 16.5 Å². The summed E-state index contributed by atoms with van der Waals surface area (Å²) in [6.07, 6.45) is 0.624. The van der Waals surface area contributed by atoms with E-state index in [0.717, 1.165) is 11.1 Å². The van der Waals surface area contributed by atoms with Gasteiger partial charge in [-0.3, -0.25) is 0 Å². The molecule has 0 aliphatic rings. The van der Waals surface area contributed by atoms with Crippen molar-refractivity contribution >= 4 is 33.4 Å². The standard InChI is InChI=1S/C19H18N6O4S/c1-3-27-19(26)29-14-8-21-17(20)15-12(10-30-16(14)15)9-28-13-6-4-5-11(7-13)18-22-24-25(2)23-18/h4-8,10H,3,9H2,1-2H3,(H2,20,21). The second kappa shape index (κ2) is 8.33. The second-order valence-corrected chi connectivity index (χ2v) is 7.06. The number of anilines is 1. The van der Waals surface area contributed by atoms with Gasteiger partial charge in [-0.15, -0.1) is 21.5 Å². The Morgan fingerprint density at radius 2 is 2.20 bits per heavy atom. The van der Waals surface area contributed by atoms with Crippen LogP contribution in [0.1, 0.15) is 12.5 Å². The second-order valence-electron chi connectivity index (χ2n) is 6.18. The Bertz CT molecular complexity index is 1200. The molecule has 0 unspecified atom stereocenters. The van der Waals surface area contributed by atoms with Crippen LogP contribution in [0.4, 0.5) is 10.6 Å². The first-order chi connectivity index (χ1) is 14.5. The SMILES string of the molecule is CCOC(=O)Oc1cnc(N)c2c(COc3cccc(-c4nnn(C)n4)c3)csc12. The van der Waals surface area contributed by atoms with Crippen LogP contribution in [0.25, 0.3) is 21.5 Å². The summed E-state index contributed by atoms with van der Waals surface area (Å²) in [5, 5.41) is 14.6. The molecular formula is C19H18N6O4S. The molecule has 0 atom stereocenters. The molecule has 10 nitrogen and oxygen atoms in total. The summed E-state index contributed by atoms with van der Waals surface area (Å²) in [5.74, 6) is 1.78. The molecule has 1 aromatic carbocycles. The van der Waals surface area contributed by atoms with Crippen LogP contribution in [-0.4, -0.2) is 38.0 Å². The molecule has 30 heavy (non-hydrogen) atoms. The largest absolute Gasteiger partial charge is 0.513 e. The van der Waals surface area contributed by atoms with Crippen molar-refractivity contribution in [3.8, 4) is 22.9 Å². The lowest BCUT2D eigenvalue weighted by atomic mass is 10.2. The van der Waals surface area contributed by atoms with Crippen LogP contribution in [0.15, 0.2) is 35.8 Å². The first-order valence-electron chi connectivity index (χ1n) is 9.01. The smallest absolute Gasteiger partial charge is 0.489 e. The number of fused-ring (bicyclic) bond motifs is 1. The number of carbonyl (C=O) groups excluding carboxylic acids is 1. The number of thiophene rings is 1. The number of ether oxygens (including phenoxy) is 3. The maximum absolute atomic E-state index is 11.7. The molecule has 3 aromatic heterocycles. The number of hydrogen-bond acceptors (Lipinski definition) is 10. The third-order valence-electron chi connectivity index (χ3n) is 4.12. The van der Waals surface area contributed by atoms with Crippen molar-refractivity contribution in [3.05, 3.63) is 41.4 Å². The first kappa shape index (κ1) is 19.6. The molecule has 0 saturated carbocycles. The fraction of sp³-hybridized carbons (Fsp3) is 0.211. The minimum absolute atomic E-state index is 0.219. The monoisotopic (exact) mass is 426 g/mol. The van der Waals surface area contributed by atoms with Gasteiger partial charge in [0.05, 0.1) is 24.6 Å². The molecule has 4 rings (SSSR count). The molecule has 0 bridgehead atoms. The number of carbonyl (C=O) groups is 1. The van der Waals surface area contributed by atoms with Gasteiger partial charge < -0.3 is 19.9 Å². The highest BCUT2D eigenvalue weighted by Gasteiger charge is 2.17. The van der Waals surface area contributed by atoms with Gasteiger partial charge in [-0.25, -0.2) is 9.78 Å². The molecule has 0 radical (unpaired) electrons. The van der Waals surface area contributed by atoms with Gasteiger partial charge in [-0.2, -0.15) is 4.80 Å². The minimum atomic E-state index is -0.786. The van der Waals surface area contributed by atoms with E-state index in [1.807, 2.05) is 29.6 Å². The lowest BCUT2D eigenvalue weighted by Gasteiger charge is -2.08. The van der Waals surface area contributed by atoms with Crippen LogP contribution in [0.2, 0.25) is 0 Å².